The topological polar surface area (TPSA) is 111 Å². The lowest BCUT2D eigenvalue weighted by Crippen LogP contribution is -2.73. The van der Waals surface area contributed by atoms with Gasteiger partial charge < -0.3 is 34.8 Å². The molecule has 3 aromatic rings. The van der Waals surface area contributed by atoms with Crippen LogP contribution in [0, 0.1) is 0 Å². The van der Waals surface area contributed by atoms with Crippen molar-refractivity contribution in [3.63, 3.8) is 0 Å². The molecule has 1 aliphatic heterocycles. The Labute approximate surface area is 285 Å². The standard InChI is InChI=1S/C33H56N2O8Si4/c1-14-37-47(23-17-19-26-24-27-18-15-21-34-29(27)30-28(26)20-16-22-35-30)42-45(12,38-25(2)3)41-46(13,43-47)40-32(7,8)33(9,10)44(11,36)39-31(4,5)6/h15-16,18,20-22,24-25,36H,14,17,19,23H2,1-13H3. The molecule has 1 fully saturated rings. The van der Waals surface area contributed by atoms with E-state index in [0.717, 1.165) is 34.6 Å². The van der Waals surface area contributed by atoms with Gasteiger partial charge >= 0.3 is 35.0 Å². The van der Waals surface area contributed by atoms with E-state index in [1.165, 1.54) is 5.56 Å². The first-order chi connectivity index (χ1) is 21.6. The number of rotatable bonds is 13. The first kappa shape index (κ1) is 38.4. The lowest BCUT2D eigenvalue weighted by atomic mass is 9.94. The molecule has 0 amide bonds. The van der Waals surface area contributed by atoms with Crippen LogP contribution in [0.3, 0.4) is 0 Å². The minimum Gasteiger partial charge on any atom is -0.410 e. The first-order valence-electron chi connectivity index (χ1n) is 16.7. The van der Waals surface area contributed by atoms with Gasteiger partial charge in [0.2, 0.25) is 0 Å². The molecule has 3 heterocycles. The minimum atomic E-state index is -3.52. The third-order valence-corrected chi connectivity index (χ3v) is 24.8. The van der Waals surface area contributed by atoms with E-state index in [1.54, 1.807) is 6.20 Å². The van der Waals surface area contributed by atoms with Gasteiger partial charge in [-0.1, -0.05) is 26.0 Å². The molecule has 47 heavy (non-hydrogen) atoms. The molecule has 0 aliphatic carbocycles. The summed E-state index contributed by atoms with van der Waals surface area (Å²) in [5, 5.41) is 1.38. The Morgan fingerprint density at radius 1 is 0.915 bits per heavy atom. The van der Waals surface area contributed by atoms with E-state index in [0.29, 0.717) is 12.7 Å². The summed E-state index contributed by atoms with van der Waals surface area (Å²) in [7, 11) is -13.6. The summed E-state index contributed by atoms with van der Waals surface area (Å²) in [6.45, 7) is 25.7. The maximum atomic E-state index is 11.8. The normalized spacial score (nSPS) is 25.9. The van der Waals surface area contributed by atoms with Gasteiger partial charge in [-0.3, -0.25) is 9.97 Å². The molecule has 0 spiro atoms. The third kappa shape index (κ3) is 8.67. The largest absolute Gasteiger partial charge is 0.486 e. The average Bonchev–Trinajstić information content (AvgIpc) is 2.90. The van der Waals surface area contributed by atoms with Crippen LogP contribution in [0.5, 0.6) is 0 Å². The molecule has 14 heteroatoms. The second kappa shape index (κ2) is 13.7. The molecular weight excluding hydrogens is 665 g/mol. The Morgan fingerprint density at radius 3 is 2.15 bits per heavy atom. The molecule has 4 unspecified atom stereocenters. The summed E-state index contributed by atoms with van der Waals surface area (Å²) in [6, 6.07) is 10.9. The SMILES string of the molecule is CCO[Si]1(CCCc2cc3cccnc3c3ncccc23)O[Si](C)(OC(C)C)O[Si](C)(OC(C)(C)C(C)(C)[Si](C)(O)OC(C)(C)C)O1. The highest BCUT2D eigenvalue weighted by Gasteiger charge is 2.67. The van der Waals surface area contributed by atoms with Gasteiger partial charge in [0, 0.05) is 60.1 Å². The van der Waals surface area contributed by atoms with Gasteiger partial charge in [-0.15, -0.1) is 0 Å². The van der Waals surface area contributed by atoms with E-state index in [4.69, 9.17) is 30.0 Å². The maximum absolute atomic E-state index is 11.8. The van der Waals surface area contributed by atoms with Crippen LogP contribution < -0.4 is 0 Å². The van der Waals surface area contributed by atoms with Crippen molar-refractivity contribution in [1.29, 1.82) is 0 Å². The number of aromatic nitrogens is 2. The highest BCUT2D eigenvalue weighted by molar-refractivity contribution is 6.88. The Kier molecular flexibility index (Phi) is 11.2. The van der Waals surface area contributed by atoms with Crippen LogP contribution in [0.1, 0.15) is 81.2 Å². The van der Waals surface area contributed by atoms with Crippen molar-refractivity contribution in [3.05, 3.63) is 48.3 Å². The highest BCUT2D eigenvalue weighted by Crippen LogP contribution is 2.51. The van der Waals surface area contributed by atoms with Gasteiger partial charge in [0.25, 0.3) is 0 Å². The first-order valence-corrected chi connectivity index (χ1v) is 25.5. The maximum Gasteiger partial charge on any atom is 0.486 e. The van der Waals surface area contributed by atoms with Crippen LogP contribution in [0.4, 0.5) is 0 Å². The van der Waals surface area contributed by atoms with Crippen LogP contribution in [0.2, 0.25) is 30.7 Å². The molecule has 1 aliphatic rings. The summed E-state index contributed by atoms with van der Waals surface area (Å²) in [5.74, 6) is 0. The highest BCUT2D eigenvalue weighted by atomic mass is 28.5. The van der Waals surface area contributed by atoms with E-state index in [1.807, 2.05) is 107 Å². The van der Waals surface area contributed by atoms with Gasteiger partial charge in [0.15, 0.2) is 0 Å². The Hall–Kier alpha value is -1.41. The van der Waals surface area contributed by atoms with E-state index < -0.39 is 51.2 Å². The fourth-order valence-electron chi connectivity index (χ4n) is 6.36. The van der Waals surface area contributed by atoms with Crippen molar-refractivity contribution in [1.82, 2.24) is 9.97 Å². The van der Waals surface area contributed by atoms with Gasteiger partial charge in [0.1, 0.15) is 0 Å². The number of hydrogen-bond acceptors (Lipinski definition) is 10. The number of pyridine rings is 2. The number of benzene rings is 1. The predicted octanol–water partition coefficient (Wildman–Crippen LogP) is 7.77. The zero-order valence-corrected chi connectivity index (χ0v) is 34.6. The number of nitrogens with zero attached hydrogens (tertiary/aromatic N) is 2. The zero-order chi connectivity index (χ0) is 35.1. The van der Waals surface area contributed by atoms with Crippen molar-refractivity contribution >= 4 is 56.8 Å². The molecule has 1 N–H and O–H groups in total. The molecule has 1 saturated heterocycles. The van der Waals surface area contributed by atoms with Gasteiger partial charge in [-0.2, -0.15) is 0 Å². The number of fused-ring (bicyclic) bond motifs is 3. The second-order valence-corrected chi connectivity index (χ2v) is 27.0. The summed E-state index contributed by atoms with van der Waals surface area (Å²) >= 11 is 0. The molecule has 0 saturated carbocycles. The summed E-state index contributed by atoms with van der Waals surface area (Å²) < 4.78 is 46.7. The molecule has 4 atom stereocenters. The van der Waals surface area contributed by atoms with Crippen LogP contribution in [0.25, 0.3) is 21.8 Å². The lowest BCUT2D eigenvalue weighted by Gasteiger charge is -2.54. The molecule has 0 bridgehead atoms. The fraction of sp³-hybridized carbons (Fsp3) is 0.636. The Bertz CT molecular complexity index is 1550. The van der Waals surface area contributed by atoms with Crippen molar-refractivity contribution in [2.24, 2.45) is 0 Å². The van der Waals surface area contributed by atoms with Gasteiger partial charge in [0.05, 0.1) is 22.2 Å². The van der Waals surface area contributed by atoms with Crippen molar-refractivity contribution in [3.8, 4) is 0 Å². The van der Waals surface area contributed by atoms with Crippen LogP contribution >= 0.6 is 0 Å². The smallest absolute Gasteiger partial charge is 0.410 e. The quantitative estimate of drug-likeness (QED) is 0.139. The van der Waals surface area contributed by atoms with Crippen LogP contribution in [0.15, 0.2) is 42.7 Å². The van der Waals surface area contributed by atoms with Gasteiger partial charge in [-0.05, 0) is 98.5 Å². The van der Waals surface area contributed by atoms with Crippen molar-refractivity contribution in [2.75, 3.05) is 6.61 Å². The van der Waals surface area contributed by atoms with E-state index in [9.17, 15) is 4.80 Å². The molecule has 4 rings (SSSR count). The summed E-state index contributed by atoms with van der Waals surface area (Å²) in [5.41, 5.74) is 1.55. The molecule has 10 nitrogen and oxygen atoms in total. The Balaban J connectivity index is 1.66. The van der Waals surface area contributed by atoms with Crippen LogP contribution in [-0.2, 0) is 36.5 Å². The second-order valence-electron chi connectivity index (χ2n) is 15.1. The van der Waals surface area contributed by atoms with Crippen molar-refractivity contribution < 1.29 is 34.8 Å². The van der Waals surface area contributed by atoms with E-state index in [2.05, 4.69) is 28.2 Å². The zero-order valence-electron chi connectivity index (χ0n) is 30.6. The monoisotopic (exact) mass is 720 g/mol. The molecular formula is C33H56N2O8Si4. The lowest BCUT2D eigenvalue weighted by molar-refractivity contribution is -0.0502. The molecule has 262 valence electrons. The molecule has 2 aromatic heterocycles. The number of hydrogen-bond donors (Lipinski definition) is 1. The van der Waals surface area contributed by atoms with Gasteiger partial charge in [-0.25, -0.2) is 0 Å². The van der Waals surface area contributed by atoms with Crippen molar-refractivity contribution in [2.45, 2.75) is 130 Å². The van der Waals surface area contributed by atoms with E-state index >= 15 is 0 Å². The van der Waals surface area contributed by atoms with E-state index in [-0.39, 0.29) is 6.10 Å². The Morgan fingerprint density at radius 2 is 1.53 bits per heavy atom. The third-order valence-electron chi connectivity index (χ3n) is 8.95. The minimum absolute atomic E-state index is 0.140. The predicted molar refractivity (Wildman–Crippen MR) is 194 cm³/mol. The summed E-state index contributed by atoms with van der Waals surface area (Å²) in [6.07, 6.45) is 4.99. The summed E-state index contributed by atoms with van der Waals surface area (Å²) in [4.78, 5) is 21.1. The van der Waals surface area contributed by atoms with Crippen LogP contribution in [-0.4, -0.2) is 73.7 Å². The average molecular weight is 721 g/mol. The molecule has 0 radical (unpaired) electrons. The fourth-order valence-corrected chi connectivity index (χ4v) is 23.2. The number of aryl methyl sites for hydroxylation is 1. The molecule has 1 aromatic carbocycles.